The van der Waals surface area contributed by atoms with Crippen molar-refractivity contribution in [1.29, 1.82) is 0 Å². The van der Waals surface area contributed by atoms with E-state index < -0.39 is 17.8 Å². The van der Waals surface area contributed by atoms with Crippen LogP contribution < -0.4 is 5.32 Å². The van der Waals surface area contributed by atoms with Gasteiger partial charge in [-0.3, -0.25) is 24.6 Å². The molecule has 0 aliphatic carbocycles. The van der Waals surface area contributed by atoms with Gasteiger partial charge in [0, 0.05) is 40.1 Å². The number of benzene rings is 1. The Morgan fingerprint density at radius 2 is 1.97 bits per heavy atom. The number of rotatable bonds is 5. The van der Waals surface area contributed by atoms with Crippen LogP contribution in [0.15, 0.2) is 53.5 Å². The maximum atomic E-state index is 13.2. The number of thiophene rings is 1. The first-order valence-corrected chi connectivity index (χ1v) is 12.6. The van der Waals surface area contributed by atoms with E-state index in [0.29, 0.717) is 5.56 Å². The second kappa shape index (κ2) is 9.50. The maximum absolute atomic E-state index is 13.2. The second-order valence-electron chi connectivity index (χ2n) is 8.95. The molecule has 2 saturated heterocycles. The molecular weight excluding hydrogens is 464 g/mol. The molecule has 4 heterocycles. The number of nitrogens with one attached hydrogen (secondary N) is 1. The molecule has 2 aliphatic rings. The van der Waals surface area contributed by atoms with Gasteiger partial charge in [0.1, 0.15) is 12.1 Å². The van der Waals surface area contributed by atoms with Gasteiger partial charge >= 0.3 is 6.03 Å². The van der Waals surface area contributed by atoms with Gasteiger partial charge in [-0.15, -0.1) is 11.3 Å². The normalized spacial score (nSPS) is 20.1. The predicted octanol–water partition coefficient (Wildman–Crippen LogP) is 3.77. The number of amides is 5. The van der Waals surface area contributed by atoms with E-state index in [1.165, 1.54) is 17.4 Å². The molecule has 1 atom stereocenters. The zero-order valence-corrected chi connectivity index (χ0v) is 20.2. The molecule has 5 rings (SSSR count). The Labute approximate surface area is 206 Å². The maximum Gasteiger partial charge on any atom is 0.331 e. The number of carbonyl (C=O) groups excluding carboxylic acids is 4. The lowest BCUT2D eigenvalue weighted by Gasteiger charge is -2.33. The molecule has 2 aliphatic heterocycles. The highest BCUT2D eigenvalue weighted by molar-refractivity contribution is 7.09. The molecule has 35 heavy (non-hydrogen) atoms. The van der Waals surface area contributed by atoms with E-state index in [2.05, 4.69) is 12.2 Å². The second-order valence-corrected chi connectivity index (χ2v) is 9.98. The van der Waals surface area contributed by atoms with Crippen molar-refractivity contribution in [2.45, 2.75) is 45.3 Å². The summed E-state index contributed by atoms with van der Waals surface area (Å²) < 4.78 is 1.87. The minimum absolute atomic E-state index is 0.0522. The molecule has 0 saturated carbocycles. The number of hydrogen-bond acceptors (Lipinski definition) is 5. The molecule has 8 nitrogen and oxygen atoms in total. The van der Waals surface area contributed by atoms with Crippen LogP contribution in [0.4, 0.5) is 4.79 Å². The summed E-state index contributed by atoms with van der Waals surface area (Å²) in [5, 5.41) is 4.96. The number of barbiturate groups is 1. The molecule has 2 fully saturated rings. The van der Waals surface area contributed by atoms with Gasteiger partial charge in [-0.05, 0) is 49.8 Å². The smallest absolute Gasteiger partial charge is 0.331 e. The van der Waals surface area contributed by atoms with Crippen LogP contribution in [0.1, 0.15) is 36.6 Å². The standard InChI is InChI=1S/C26H26N4O4S/c1-17-7-4-5-11-29(17)23(31)16-28-14-18(20-9-2-3-10-22(20)28)13-21-24(32)27-26(34)30(25(21)33)15-19-8-6-12-35-19/h2-3,6,8-10,12-14,17H,4-5,7,11,15-16H2,1H3,(H,27,32,34)/b21-13-. The lowest BCUT2D eigenvalue weighted by Crippen LogP contribution is -2.53. The number of fused-ring (bicyclic) bond motifs is 1. The van der Waals surface area contributed by atoms with Crippen LogP contribution in [0, 0.1) is 0 Å². The van der Waals surface area contributed by atoms with Gasteiger partial charge < -0.3 is 9.47 Å². The van der Waals surface area contributed by atoms with Crippen molar-refractivity contribution < 1.29 is 19.2 Å². The van der Waals surface area contributed by atoms with E-state index in [9.17, 15) is 19.2 Å². The molecule has 1 unspecified atom stereocenters. The quantitative estimate of drug-likeness (QED) is 0.435. The van der Waals surface area contributed by atoms with E-state index >= 15 is 0 Å². The number of para-hydroxylation sites is 1. The molecule has 9 heteroatoms. The fourth-order valence-corrected chi connectivity index (χ4v) is 5.47. The Balaban J connectivity index is 1.47. The van der Waals surface area contributed by atoms with Crippen molar-refractivity contribution in [3.05, 3.63) is 64.0 Å². The minimum Gasteiger partial charge on any atom is -0.338 e. The average Bonchev–Trinajstić information content (AvgIpc) is 3.48. The minimum atomic E-state index is -0.728. The first kappa shape index (κ1) is 23.0. The number of nitrogens with zero attached hydrogens (tertiary/aromatic N) is 3. The SMILES string of the molecule is CC1CCCCN1C(=O)Cn1cc(/C=C2/C(=O)NC(=O)N(Cc3cccs3)C2=O)c2ccccc21. The zero-order valence-electron chi connectivity index (χ0n) is 19.4. The van der Waals surface area contributed by atoms with Crippen LogP contribution in [0.5, 0.6) is 0 Å². The lowest BCUT2D eigenvalue weighted by molar-refractivity contribution is -0.135. The number of likely N-dealkylation sites (tertiary alicyclic amines) is 1. The monoisotopic (exact) mass is 490 g/mol. The van der Waals surface area contributed by atoms with E-state index in [4.69, 9.17) is 0 Å². The Morgan fingerprint density at radius 1 is 1.14 bits per heavy atom. The molecule has 0 radical (unpaired) electrons. The van der Waals surface area contributed by atoms with Gasteiger partial charge in [-0.25, -0.2) is 4.79 Å². The van der Waals surface area contributed by atoms with Crippen molar-refractivity contribution in [3.63, 3.8) is 0 Å². The number of piperidine rings is 1. The summed E-state index contributed by atoms with van der Waals surface area (Å²) >= 11 is 1.43. The van der Waals surface area contributed by atoms with Crippen molar-refractivity contribution in [3.8, 4) is 0 Å². The molecule has 0 spiro atoms. The topological polar surface area (TPSA) is 91.7 Å². The summed E-state index contributed by atoms with van der Waals surface area (Å²) in [5.41, 5.74) is 1.37. The van der Waals surface area contributed by atoms with Crippen LogP contribution in [0.3, 0.4) is 0 Å². The molecule has 5 amide bonds. The fraction of sp³-hybridized carbons (Fsp3) is 0.308. The number of carbonyl (C=O) groups is 4. The average molecular weight is 491 g/mol. The van der Waals surface area contributed by atoms with Gasteiger partial charge in [0.15, 0.2) is 0 Å². The van der Waals surface area contributed by atoms with Crippen LogP contribution in [-0.2, 0) is 27.5 Å². The highest BCUT2D eigenvalue weighted by atomic mass is 32.1. The van der Waals surface area contributed by atoms with Crippen LogP contribution in [0.2, 0.25) is 0 Å². The van der Waals surface area contributed by atoms with E-state index in [-0.39, 0.29) is 30.6 Å². The Kier molecular flexibility index (Phi) is 6.25. The number of aromatic nitrogens is 1. The summed E-state index contributed by atoms with van der Waals surface area (Å²) in [6.45, 7) is 3.12. The molecule has 0 bridgehead atoms. The van der Waals surface area contributed by atoms with Crippen molar-refractivity contribution in [2.24, 2.45) is 0 Å². The lowest BCUT2D eigenvalue weighted by atomic mass is 10.0. The van der Waals surface area contributed by atoms with Gasteiger partial charge in [0.05, 0.1) is 6.54 Å². The van der Waals surface area contributed by atoms with E-state index in [1.54, 1.807) is 6.20 Å². The molecule has 1 aromatic carbocycles. The van der Waals surface area contributed by atoms with Crippen LogP contribution >= 0.6 is 11.3 Å². The van der Waals surface area contributed by atoms with Gasteiger partial charge in [-0.2, -0.15) is 0 Å². The van der Waals surface area contributed by atoms with Gasteiger partial charge in [0.25, 0.3) is 11.8 Å². The highest BCUT2D eigenvalue weighted by Crippen LogP contribution is 2.26. The van der Waals surface area contributed by atoms with Gasteiger partial charge in [0.2, 0.25) is 5.91 Å². The third-order valence-electron chi connectivity index (χ3n) is 6.63. The summed E-state index contributed by atoms with van der Waals surface area (Å²) in [5.74, 6) is -1.31. The summed E-state index contributed by atoms with van der Waals surface area (Å²) in [6.07, 6.45) is 6.46. The van der Waals surface area contributed by atoms with E-state index in [1.807, 2.05) is 51.2 Å². The predicted molar refractivity (Wildman–Crippen MR) is 133 cm³/mol. The van der Waals surface area contributed by atoms with Crippen LogP contribution in [0.25, 0.3) is 17.0 Å². The summed E-state index contributed by atoms with van der Waals surface area (Å²) in [7, 11) is 0. The summed E-state index contributed by atoms with van der Waals surface area (Å²) in [6, 6.07) is 10.7. The fourth-order valence-electron chi connectivity index (χ4n) is 4.78. The number of hydrogen-bond donors (Lipinski definition) is 1. The van der Waals surface area contributed by atoms with Gasteiger partial charge in [-0.1, -0.05) is 24.3 Å². The third-order valence-corrected chi connectivity index (χ3v) is 7.49. The number of urea groups is 1. The molecule has 1 N–H and O–H groups in total. The van der Waals surface area contributed by atoms with Crippen molar-refractivity contribution in [2.75, 3.05) is 6.54 Å². The third kappa shape index (κ3) is 4.51. The van der Waals surface area contributed by atoms with E-state index in [0.717, 1.165) is 46.5 Å². The molecule has 3 aromatic rings. The zero-order chi connectivity index (χ0) is 24.5. The first-order valence-electron chi connectivity index (χ1n) is 11.7. The largest absolute Gasteiger partial charge is 0.338 e. The first-order chi connectivity index (χ1) is 16.9. The molecule has 180 valence electrons. The molecule has 2 aromatic heterocycles. The van der Waals surface area contributed by atoms with Crippen LogP contribution in [-0.4, -0.2) is 50.7 Å². The van der Waals surface area contributed by atoms with Crippen molar-refractivity contribution >= 4 is 52.1 Å². The highest BCUT2D eigenvalue weighted by Gasteiger charge is 2.36. The molecular formula is C26H26N4O4S. The summed E-state index contributed by atoms with van der Waals surface area (Å²) in [4.78, 5) is 55.0. The Hall–Kier alpha value is -3.72. The Bertz CT molecular complexity index is 1340. The number of imide groups is 2. The Morgan fingerprint density at radius 3 is 2.74 bits per heavy atom. The van der Waals surface area contributed by atoms with Crippen molar-refractivity contribution in [1.82, 2.24) is 19.7 Å².